The smallest absolute Gasteiger partial charge is 0.248 e. The fourth-order valence-electron chi connectivity index (χ4n) is 5.23. The molecule has 192 valence electrons. The van der Waals surface area contributed by atoms with Gasteiger partial charge in [0.05, 0.1) is 4.90 Å². The molecule has 1 saturated heterocycles. The molecule has 2 fully saturated rings. The van der Waals surface area contributed by atoms with Crippen molar-refractivity contribution >= 4 is 27.0 Å². The average molecular weight is 518 g/mol. The lowest BCUT2D eigenvalue weighted by Crippen LogP contribution is -2.52. The van der Waals surface area contributed by atoms with Gasteiger partial charge in [0.1, 0.15) is 11.6 Å². The van der Waals surface area contributed by atoms with Gasteiger partial charge in [-0.3, -0.25) is 4.79 Å². The van der Waals surface area contributed by atoms with E-state index >= 15 is 0 Å². The van der Waals surface area contributed by atoms with E-state index in [-0.39, 0.29) is 49.6 Å². The molecule has 0 N–H and O–H groups in total. The van der Waals surface area contributed by atoms with Crippen LogP contribution in [0.1, 0.15) is 49.7 Å². The van der Waals surface area contributed by atoms with Gasteiger partial charge in [-0.1, -0.05) is 23.8 Å². The highest BCUT2D eigenvalue weighted by molar-refractivity contribution is 7.89. The van der Waals surface area contributed by atoms with Crippen molar-refractivity contribution in [1.82, 2.24) is 14.2 Å². The molecule has 1 atom stereocenters. The molecule has 5 rings (SSSR count). The van der Waals surface area contributed by atoms with Crippen molar-refractivity contribution in [3.8, 4) is 0 Å². The second kappa shape index (κ2) is 9.55. The van der Waals surface area contributed by atoms with E-state index in [1.54, 1.807) is 41.3 Å². The molecule has 0 radical (unpaired) electrons. The van der Waals surface area contributed by atoms with Crippen LogP contribution in [0.25, 0.3) is 11.1 Å². The van der Waals surface area contributed by atoms with E-state index in [4.69, 9.17) is 4.42 Å². The summed E-state index contributed by atoms with van der Waals surface area (Å²) in [5, 5.41) is 0. The van der Waals surface area contributed by atoms with Gasteiger partial charge in [-0.2, -0.15) is 4.31 Å². The monoisotopic (exact) mass is 517 g/mol. The number of oxazole rings is 1. The van der Waals surface area contributed by atoms with Gasteiger partial charge in [-0.25, -0.2) is 22.2 Å². The molecule has 1 aromatic heterocycles. The number of halogens is 2. The van der Waals surface area contributed by atoms with Crippen molar-refractivity contribution in [2.45, 2.75) is 74.9 Å². The summed E-state index contributed by atoms with van der Waals surface area (Å²) in [6.45, 7) is 2.30. The van der Waals surface area contributed by atoms with Crippen LogP contribution in [0.3, 0.4) is 0 Å². The number of benzene rings is 2. The third kappa shape index (κ3) is 4.88. The average Bonchev–Trinajstić information content (AvgIpc) is 3.52. The van der Waals surface area contributed by atoms with Gasteiger partial charge in [0.2, 0.25) is 21.9 Å². The standard InChI is InChI=1S/C26H29F2N3O4S/c1-18-4-7-21(8-5-18)36(33,34)31-14-2-3-23(31)25(32)30(20-10-12-26(27,28)13-11-20)16-19-6-9-22-24(15-19)35-17-29-22/h4-9,15,17,20,23H,2-3,10-14,16H2,1H3/t23-/m0/s1. The van der Waals surface area contributed by atoms with Crippen molar-refractivity contribution in [3.05, 3.63) is 60.0 Å². The van der Waals surface area contributed by atoms with Crippen molar-refractivity contribution < 1.29 is 26.4 Å². The minimum Gasteiger partial charge on any atom is -0.443 e. The zero-order valence-corrected chi connectivity index (χ0v) is 20.9. The Morgan fingerprint density at radius 3 is 2.58 bits per heavy atom. The second-order valence-electron chi connectivity index (χ2n) is 9.79. The number of amides is 1. The number of hydrogen-bond acceptors (Lipinski definition) is 5. The Morgan fingerprint density at radius 2 is 1.86 bits per heavy atom. The van der Waals surface area contributed by atoms with Crippen LogP contribution in [-0.4, -0.2) is 53.1 Å². The van der Waals surface area contributed by atoms with Crippen LogP contribution in [0.5, 0.6) is 0 Å². The summed E-state index contributed by atoms with van der Waals surface area (Å²) in [4.78, 5) is 19.8. The first-order valence-corrected chi connectivity index (χ1v) is 13.7. The maximum Gasteiger partial charge on any atom is 0.248 e. The fourth-order valence-corrected chi connectivity index (χ4v) is 6.88. The zero-order chi connectivity index (χ0) is 25.5. The lowest BCUT2D eigenvalue weighted by atomic mass is 9.90. The summed E-state index contributed by atoms with van der Waals surface area (Å²) >= 11 is 0. The molecular weight excluding hydrogens is 488 g/mol. The Hall–Kier alpha value is -2.85. The minimum atomic E-state index is -3.88. The number of sulfonamides is 1. The molecule has 7 nitrogen and oxygen atoms in total. The molecule has 2 heterocycles. The van der Waals surface area contributed by atoms with Gasteiger partial charge >= 0.3 is 0 Å². The van der Waals surface area contributed by atoms with Crippen LogP contribution in [0.2, 0.25) is 0 Å². The van der Waals surface area contributed by atoms with Gasteiger partial charge in [0.25, 0.3) is 0 Å². The minimum absolute atomic E-state index is 0.146. The zero-order valence-electron chi connectivity index (χ0n) is 20.1. The SMILES string of the molecule is Cc1ccc(S(=O)(=O)N2CCC[C@H]2C(=O)N(Cc2ccc3ncoc3c2)C2CCC(F)(F)CC2)cc1. The third-order valence-corrected chi connectivity index (χ3v) is 9.20. The number of rotatable bonds is 6. The lowest BCUT2D eigenvalue weighted by molar-refractivity contribution is -0.141. The first kappa shape index (κ1) is 24.8. The number of hydrogen-bond donors (Lipinski definition) is 0. The van der Waals surface area contributed by atoms with E-state index in [2.05, 4.69) is 4.98 Å². The van der Waals surface area contributed by atoms with E-state index in [9.17, 15) is 22.0 Å². The maximum absolute atomic E-state index is 14.0. The highest BCUT2D eigenvalue weighted by Crippen LogP contribution is 2.37. The van der Waals surface area contributed by atoms with E-state index in [0.29, 0.717) is 23.9 Å². The Bertz CT molecular complexity index is 1350. The number of aryl methyl sites for hydroxylation is 1. The molecule has 36 heavy (non-hydrogen) atoms. The summed E-state index contributed by atoms with van der Waals surface area (Å²) in [6.07, 6.45) is 2.04. The molecule has 0 unspecified atom stereocenters. The van der Waals surface area contributed by atoms with E-state index in [0.717, 1.165) is 11.1 Å². The van der Waals surface area contributed by atoms with Crippen molar-refractivity contribution in [1.29, 1.82) is 0 Å². The largest absolute Gasteiger partial charge is 0.443 e. The van der Waals surface area contributed by atoms with Gasteiger partial charge < -0.3 is 9.32 Å². The fraction of sp³-hybridized carbons (Fsp3) is 0.462. The normalized spacial score (nSPS) is 21.1. The van der Waals surface area contributed by atoms with Gasteiger partial charge in [-0.05, 0) is 62.4 Å². The van der Waals surface area contributed by atoms with Crippen LogP contribution >= 0.6 is 0 Å². The van der Waals surface area contributed by atoms with Crippen molar-refractivity contribution in [3.63, 3.8) is 0 Å². The van der Waals surface area contributed by atoms with Gasteiger partial charge in [-0.15, -0.1) is 0 Å². The predicted molar refractivity (Wildman–Crippen MR) is 130 cm³/mol. The summed E-state index contributed by atoms with van der Waals surface area (Å²) in [5.41, 5.74) is 2.96. The predicted octanol–water partition coefficient (Wildman–Crippen LogP) is 4.90. The molecule has 0 bridgehead atoms. The Morgan fingerprint density at radius 1 is 1.14 bits per heavy atom. The highest BCUT2D eigenvalue weighted by atomic mass is 32.2. The quantitative estimate of drug-likeness (QED) is 0.465. The van der Waals surface area contributed by atoms with Gasteiger partial charge in [0.15, 0.2) is 12.0 Å². The summed E-state index contributed by atoms with van der Waals surface area (Å²) in [5.74, 6) is -3.07. The number of alkyl halides is 2. The Labute approximate surface area is 209 Å². The molecule has 1 aliphatic heterocycles. The molecule has 1 aliphatic carbocycles. The number of nitrogens with zero attached hydrogens (tertiary/aromatic N) is 3. The van der Waals surface area contributed by atoms with Crippen LogP contribution in [0, 0.1) is 6.92 Å². The van der Waals surface area contributed by atoms with Gasteiger partial charge in [0, 0.05) is 32.0 Å². The molecule has 0 spiro atoms. The van der Waals surface area contributed by atoms with Crippen molar-refractivity contribution in [2.75, 3.05) is 6.54 Å². The topological polar surface area (TPSA) is 83.7 Å². The number of carbonyl (C=O) groups is 1. The Kier molecular flexibility index (Phi) is 6.59. The summed E-state index contributed by atoms with van der Waals surface area (Å²) in [7, 11) is -3.88. The molecule has 3 aromatic rings. The van der Waals surface area contributed by atoms with E-state index in [1.165, 1.54) is 10.7 Å². The second-order valence-corrected chi connectivity index (χ2v) is 11.7. The first-order valence-electron chi connectivity index (χ1n) is 12.2. The summed E-state index contributed by atoms with van der Waals surface area (Å²) < 4.78 is 61.5. The molecule has 1 amide bonds. The molecule has 1 saturated carbocycles. The van der Waals surface area contributed by atoms with Crippen LogP contribution in [-0.2, 0) is 21.4 Å². The van der Waals surface area contributed by atoms with Crippen LogP contribution in [0.4, 0.5) is 8.78 Å². The van der Waals surface area contributed by atoms with Crippen molar-refractivity contribution in [2.24, 2.45) is 0 Å². The third-order valence-electron chi connectivity index (χ3n) is 7.28. The lowest BCUT2D eigenvalue weighted by Gasteiger charge is -2.39. The van der Waals surface area contributed by atoms with E-state index in [1.807, 2.05) is 13.0 Å². The number of fused-ring (bicyclic) bond motifs is 1. The van der Waals surface area contributed by atoms with Crippen LogP contribution < -0.4 is 0 Å². The molecule has 2 aliphatic rings. The molecule has 2 aromatic carbocycles. The highest BCUT2D eigenvalue weighted by Gasteiger charge is 2.44. The van der Waals surface area contributed by atoms with E-state index < -0.39 is 28.0 Å². The number of carbonyl (C=O) groups excluding carboxylic acids is 1. The maximum atomic E-state index is 14.0. The molecular formula is C26H29F2N3O4S. The first-order chi connectivity index (χ1) is 17.1. The molecule has 10 heteroatoms. The van der Waals surface area contributed by atoms with Crippen LogP contribution in [0.15, 0.2) is 58.2 Å². The number of aromatic nitrogens is 1. The Balaban J connectivity index is 1.44. The summed E-state index contributed by atoms with van der Waals surface area (Å²) in [6, 6.07) is 10.7.